The minimum absolute atomic E-state index is 0.00842. The van der Waals surface area contributed by atoms with E-state index in [-0.39, 0.29) is 5.54 Å². The summed E-state index contributed by atoms with van der Waals surface area (Å²) in [4.78, 5) is 2.29. The van der Waals surface area contributed by atoms with Crippen molar-refractivity contribution in [3.05, 3.63) is 22.8 Å². The van der Waals surface area contributed by atoms with Gasteiger partial charge in [-0.1, -0.05) is 6.07 Å². The van der Waals surface area contributed by atoms with E-state index in [1.807, 2.05) is 0 Å². The van der Waals surface area contributed by atoms with Gasteiger partial charge < -0.3 is 15.4 Å². The van der Waals surface area contributed by atoms with Crippen LogP contribution in [-0.4, -0.2) is 26.2 Å². The highest BCUT2D eigenvalue weighted by molar-refractivity contribution is 5.68. The van der Waals surface area contributed by atoms with Crippen LogP contribution in [0.5, 0.6) is 5.75 Å². The van der Waals surface area contributed by atoms with Crippen LogP contribution in [0.25, 0.3) is 0 Å². The van der Waals surface area contributed by atoms with Crippen molar-refractivity contribution in [2.24, 2.45) is 5.73 Å². The van der Waals surface area contributed by atoms with Gasteiger partial charge in [0.05, 0.1) is 12.8 Å². The second-order valence-corrected chi connectivity index (χ2v) is 5.93. The van der Waals surface area contributed by atoms with Crippen molar-refractivity contribution in [2.45, 2.75) is 46.6 Å². The number of aryl methyl sites for hydroxylation is 2. The van der Waals surface area contributed by atoms with E-state index in [4.69, 9.17) is 10.5 Å². The van der Waals surface area contributed by atoms with E-state index in [0.717, 1.165) is 12.2 Å². The highest BCUT2D eigenvalue weighted by Crippen LogP contribution is 2.39. The molecule has 3 heteroatoms. The summed E-state index contributed by atoms with van der Waals surface area (Å²) in [6, 6.07) is 2.22. The molecule has 0 radical (unpaired) electrons. The van der Waals surface area contributed by atoms with Crippen LogP contribution in [0.15, 0.2) is 6.07 Å². The maximum absolute atomic E-state index is 5.74. The third kappa shape index (κ3) is 3.03. The highest BCUT2D eigenvalue weighted by Gasteiger charge is 2.27. The Hall–Kier alpha value is -1.22. The second kappa shape index (κ2) is 5.83. The van der Waals surface area contributed by atoms with Gasteiger partial charge in [-0.2, -0.15) is 0 Å². The molecule has 1 aromatic rings. The lowest BCUT2D eigenvalue weighted by molar-refractivity contribution is 0.400. The third-order valence-electron chi connectivity index (χ3n) is 4.16. The molecule has 0 saturated carbocycles. The van der Waals surface area contributed by atoms with E-state index >= 15 is 0 Å². The van der Waals surface area contributed by atoms with Crippen molar-refractivity contribution >= 4 is 5.69 Å². The van der Waals surface area contributed by atoms with Crippen molar-refractivity contribution in [1.29, 1.82) is 0 Å². The predicted molar refractivity (Wildman–Crippen MR) is 83.4 cm³/mol. The van der Waals surface area contributed by atoms with Gasteiger partial charge in [0.2, 0.25) is 0 Å². The first kappa shape index (κ1) is 15.8. The van der Waals surface area contributed by atoms with Gasteiger partial charge in [-0.15, -0.1) is 0 Å². The van der Waals surface area contributed by atoms with Crippen LogP contribution < -0.4 is 15.4 Å². The zero-order valence-electron chi connectivity index (χ0n) is 13.4. The van der Waals surface area contributed by atoms with E-state index in [1.54, 1.807) is 7.11 Å². The Morgan fingerprint density at radius 3 is 2.26 bits per heavy atom. The molecule has 0 atom stereocenters. The average Bonchev–Trinajstić information content (AvgIpc) is 2.32. The molecule has 0 fully saturated rings. The molecule has 0 unspecified atom stereocenters. The van der Waals surface area contributed by atoms with Crippen LogP contribution in [0.2, 0.25) is 0 Å². The molecule has 1 rings (SSSR count). The molecular formula is C16H28N2O. The van der Waals surface area contributed by atoms with Crippen LogP contribution in [0.4, 0.5) is 5.69 Å². The topological polar surface area (TPSA) is 38.5 Å². The number of hydrogen-bond acceptors (Lipinski definition) is 3. The number of nitrogens with two attached hydrogens (primary N) is 1. The molecule has 0 aromatic heterocycles. The molecule has 2 N–H and O–H groups in total. The standard InChI is InChI=1S/C16H28N2O/c1-11-10-12(2)14(15(19-7)13(11)3)18(6)16(4,5)8-9-17/h10H,8-9,17H2,1-7H3. The highest BCUT2D eigenvalue weighted by atomic mass is 16.5. The second-order valence-electron chi connectivity index (χ2n) is 5.93. The monoisotopic (exact) mass is 264 g/mol. The van der Waals surface area contributed by atoms with E-state index < -0.39 is 0 Å². The van der Waals surface area contributed by atoms with Gasteiger partial charge in [0.15, 0.2) is 0 Å². The Balaban J connectivity index is 3.38. The maximum atomic E-state index is 5.74. The third-order valence-corrected chi connectivity index (χ3v) is 4.16. The Kier molecular flexibility index (Phi) is 4.86. The van der Waals surface area contributed by atoms with Gasteiger partial charge >= 0.3 is 0 Å². The van der Waals surface area contributed by atoms with Crippen LogP contribution >= 0.6 is 0 Å². The largest absolute Gasteiger partial charge is 0.494 e. The smallest absolute Gasteiger partial charge is 0.145 e. The minimum atomic E-state index is 0.00842. The van der Waals surface area contributed by atoms with Crippen LogP contribution in [0.3, 0.4) is 0 Å². The fraction of sp³-hybridized carbons (Fsp3) is 0.625. The summed E-state index contributed by atoms with van der Waals surface area (Å²) in [7, 11) is 3.86. The Labute approximate surface area is 117 Å². The van der Waals surface area contributed by atoms with Crippen molar-refractivity contribution in [2.75, 3.05) is 25.6 Å². The lowest BCUT2D eigenvalue weighted by Gasteiger charge is -2.39. The van der Waals surface area contributed by atoms with Crippen LogP contribution in [0, 0.1) is 20.8 Å². The molecule has 1 aromatic carbocycles. The first-order valence-corrected chi connectivity index (χ1v) is 6.85. The number of methoxy groups -OCH3 is 1. The molecule has 108 valence electrons. The van der Waals surface area contributed by atoms with Crippen molar-refractivity contribution in [1.82, 2.24) is 0 Å². The molecule has 0 bridgehead atoms. The van der Waals surface area contributed by atoms with Crippen LogP contribution in [-0.2, 0) is 0 Å². The summed E-state index contributed by atoms with van der Waals surface area (Å²) in [6.07, 6.45) is 0.943. The number of anilines is 1. The molecule has 19 heavy (non-hydrogen) atoms. The van der Waals surface area contributed by atoms with E-state index in [1.165, 1.54) is 22.4 Å². The lowest BCUT2D eigenvalue weighted by Crippen LogP contribution is -2.43. The number of ether oxygens (including phenoxy) is 1. The molecule has 0 saturated heterocycles. The van der Waals surface area contributed by atoms with Gasteiger partial charge in [-0.3, -0.25) is 0 Å². The average molecular weight is 264 g/mol. The first-order valence-electron chi connectivity index (χ1n) is 6.85. The van der Waals surface area contributed by atoms with Crippen molar-refractivity contribution in [3.8, 4) is 5.75 Å². The molecule has 0 amide bonds. The predicted octanol–water partition coefficient (Wildman–Crippen LogP) is 3.18. The molecule has 0 aliphatic carbocycles. The number of nitrogens with zero attached hydrogens (tertiary/aromatic N) is 1. The first-order chi connectivity index (χ1) is 8.76. The summed E-state index contributed by atoms with van der Waals surface area (Å²) < 4.78 is 5.66. The molecule has 0 spiro atoms. The van der Waals surface area contributed by atoms with Gasteiger partial charge in [0.25, 0.3) is 0 Å². The van der Waals surface area contributed by atoms with E-state index in [9.17, 15) is 0 Å². The fourth-order valence-corrected chi connectivity index (χ4v) is 2.53. The fourth-order valence-electron chi connectivity index (χ4n) is 2.53. The molecule has 0 aliphatic heterocycles. The zero-order chi connectivity index (χ0) is 14.8. The summed E-state index contributed by atoms with van der Waals surface area (Å²) in [5, 5.41) is 0. The van der Waals surface area contributed by atoms with Gasteiger partial charge in [-0.05, 0) is 64.3 Å². The summed E-state index contributed by atoms with van der Waals surface area (Å²) in [5.41, 5.74) is 10.6. The van der Waals surface area contributed by atoms with Gasteiger partial charge in [-0.25, -0.2) is 0 Å². The van der Waals surface area contributed by atoms with Gasteiger partial charge in [0.1, 0.15) is 5.75 Å². The Bertz CT molecular complexity index is 453. The Morgan fingerprint density at radius 2 is 1.79 bits per heavy atom. The number of rotatable bonds is 5. The van der Waals surface area contributed by atoms with E-state index in [2.05, 4.69) is 52.6 Å². The normalized spacial score (nSPS) is 11.6. The van der Waals surface area contributed by atoms with Crippen LogP contribution in [0.1, 0.15) is 37.0 Å². The SMILES string of the molecule is COc1c(C)c(C)cc(C)c1N(C)C(C)(C)CCN. The Morgan fingerprint density at radius 1 is 1.21 bits per heavy atom. The quantitative estimate of drug-likeness (QED) is 0.887. The van der Waals surface area contributed by atoms with Gasteiger partial charge in [0, 0.05) is 12.6 Å². The maximum Gasteiger partial charge on any atom is 0.145 e. The molecular weight excluding hydrogens is 236 g/mol. The molecule has 0 heterocycles. The van der Waals surface area contributed by atoms with Crippen molar-refractivity contribution in [3.63, 3.8) is 0 Å². The summed E-state index contributed by atoms with van der Waals surface area (Å²) >= 11 is 0. The summed E-state index contributed by atoms with van der Waals surface area (Å²) in [5.74, 6) is 0.977. The van der Waals surface area contributed by atoms with Crippen molar-refractivity contribution < 1.29 is 4.74 Å². The molecule has 0 aliphatic rings. The summed E-state index contributed by atoms with van der Waals surface area (Å²) in [6.45, 7) is 11.5. The lowest BCUT2D eigenvalue weighted by atomic mass is 9.95. The zero-order valence-corrected chi connectivity index (χ0v) is 13.4. The molecule has 3 nitrogen and oxygen atoms in total. The minimum Gasteiger partial charge on any atom is -0.494 e. The number of hydrogen-bond donors (Lipinski definition) is 1. The van der Waals surface area contributed by atoms with E-state index in [0.29, 0.717) is 6.54 Å². The number of benzene rings is 1.